The van der Waals surface area contributed by atoms with Crippen molar-refractivity contribution in [2.75, 3.05) is 12.8 Å². The molecule has 1 aromatic heterocycles. The van der Waals surface area contributed by atoms with E-state index >= 15 is 0 Å². The second kappa shape index (κ2) is 5.40. The third kappa shape index (κ3) is 2.46. The first-order valence-corrected chi connectivity index (χ1v) is 6.75. The number of rotatable bonds is 3. The van der Waals surface area contributed by atoms with E-state index in [1.165, 1.54) is 0 Å². The molecule has 0 bridgehead atoms. The third-order valence-corrected chi connectivity index (χ3v) is 3.47. The van der Waals surface area contributed by atoms with Crippen LogP contribution >= 0.6 is 0 Å². The van der Waals surface area contributed by atoms with E-state index in [4.69, 9.17) is 10.5 Å². The van der Waals surface area contributed by atoms with Crippen molar-refractivity contribution in [1.82, 2.24) is 9.55 Å². The highest BCUT2D eigenvalue weighted by Gasteiger charge is 2.14. The molecule has 0 amide bonds. The van der Waals surface area contributed by atoms with Crippen LogP contribution in [0, 0.1) is 0 Å². The number of nitrogen functional groups attached to an aromatic ring is 1. The SMILES string of the molecule is COc1ccc(CC(=O)n2c(=O)[nH]c3cc(N)ccc32)cc1. The first kappa shape index (κ1) is 13.9. The van der Waals surface area contributed by atoms with Crippen LogP contribution < -0.4 is 16.2 Å². The van der Waals surface area contributed by atoms with Gasteiger partial charge in [0.2, 0.25) is 5.91 Å². The molecule has 0 atom stereocenters. The molecular weight excluding hydrogens is 282 g/mol. The third-order valence-electron chi connectivity index (χ3n) is 3.47. The molecule has 0 aliphatic carbocycles. The van der Waals surface area contributed by atoms with E-state index in [0.717, 1.165) is 15.9 Å². The lowest BCUT2D eigenvalue weighted by Crippen LogP contribution is -2.25. The number of ether oxygens (including phenoxy) is 1. The molecule has 22 heavy (non-hydrogen) atoms. The maximum absolute atomic E-state index is 12.4. The lowest BCUT2D eigenvalue weighted by atomic mass is 10.1. The van der Waals surface area contributed by atoms with Crippen molar-refractivity contribution >= 4 is 22.6 Å². The minimum atomic E-state index is -0.459. The number of anilines is 1. The summed E-state index contributed by atoms with van der Waals surface area (Å²) in [5.41, 5.74) is 7.64. The van der Waals surface area contributed by atoms with Gasteiger partial charge in [-0.3, -0.25) is 4.79 Å². The number of benzene rings is 2. The fourth-order valence-electron chi connectivity index (χ4n) is 2.37. The summed E-state index contributed by atoms with van der Waals surface area (Å²) in [6.07, 6.45) is 0.126. The predicted molar refractivity (Wildman–Crippen MR) is 84.3 cm³/mol. The van der Waals surface area contributed by atoms with Gasteiger partial charge in [0, 0.05) is 5.69 Å². The summed E-state index contributed by atoms with van der Waals surface area (Å²) in [4.78, 5) is 27.1. The first-order valence-electron chi connectivity index (χ1n) is 6.75. The van der Waals surface area contributed by atoms with E-state index in [0.29, 0.717) is 16.7 Å². The summed E-state index contributed by atoms with van der Waals surface area (Å²) in [5, 5.41) is 0. The Hall–Kier alpha value is -3.02. The van der Waals surface area contributed by atoms with Gasteiger partial charge in [-0.15, -0.1) is 0 Å². The molecule has 6 nitrogen and oxygen atoms in total. The predicted octanol–water partition coefficient (Wildman–Crippen LogP) is 1.80. The summed E-state index contributed by atoms with van der Waals surface area (Å²) in [5.74, 6) is 0.419. The van der Waals surface area contributed by atoms with E-state index in [1.807, 2.05) is 0 Å². The molecule has 0 fully saturated rings. The van der Waals surface area contributed by atoms with Crippen LogP contribution in [-0.2, 0) is 6.42 Å². The summed E-state index contributed by atoms with van der Waals surface area (Å²) >= 11 is 0. The number of nitrogens with two attached hydrogens (primary N) is 1. The zero-order chi connectivity index (χ0) is 15.7. The molecule has 0 aliphatic heterocycles. The molecule has 3 rings (SSSR count). The molecule has 0 spiro atoms. The topological polar surface area (TPSA) is 90.1 Å². The Balaban J connectivity index is 1.94. The summed E-state index contributed by atoms with van der Waals surface area (Å²) < 4.78 is 6.22. The van der Waals surface area contributed by atoms with Gasteiger partial charge in [0.15, 0.2) is 0 Å². The van der Waals surface area contributed by atoms with Crippen LogP contribution in [0.25, 0.3) is 11.0 Å². The Bertz CT molecular complexity index is 891. The number of methoxy groups -OCH3 is 1. The second-order valence-electron chi connectivity index (χ2n) is 4.96. The number of nitrogens with zero attached hydrogens (tertiary/aromatic N) is 1. The molecule has 0 aliphatic rings. The van der Waals surface area contributed by atoms with Crippen molar-refractivity contribution in [2.45, 2.75) is 6.42 Å². The van der Waals surface area contributed by atoms with Gasteiger partial charge in [-0.1, -0.05) is 12.1 Å². The molecule has 0 saturated heterocycles. The first-order chi connectivity index (χ1) is 10.6. The van der Waals surface area contributed by atoms with Gasteiger partial charge in [0.25, 0.3) is 0 Å². The van der Waals surface area contributed by atoms with Crippen LogP contribution in [0.3, 0.4) is 0 Å². The number of hydrogen-bond acceptors (Lipinski definition) is 4. The molecule has 6 heteroatoms. The van der Waals surface area contributed by atoms with Crippen LogP contribution in [-0.4, -0.2) is 22.6 Å². The number of H-pyrrole nitrogens is 1. The number of carbonyl (C=O) groups is 1. The number of aromatic amines is 1. The van der Waals surface area contributed by atoms with Crippen molar-refractivity contribution in [2.24, 2.45) is 0 Å². The van der Waals surface area contributed by atoms with Crippen LogP contribution in [0.2, 0.25) is 0 Å². The Kier molecular flexibility index (Phi) is 3.42. The number of fused-ring (bicyclic) bond motifs is 1. The Morgan fingerprint density at radius 3 is 2.64 bits per heavy atom. The fraction of sp³-hybridized carbons (Fsp3) is 0.125. The number of nitrogens with one attached hydrogen (secondary N) is 1. The van der Waals surface area contributed by atoms with Crippen molar-refractivity contribution in [3.63, 3.8) is 0 Å². The maximum atomic E-state index is 12.4. The molecule has 112 valence electrons. The molecule has 0 saturated carbocycles. The van der Waals surface area contributed by atoms with Crippen molar-refractivity contribution in [3.8, 4) is 5.75 Å². The summed E-state index contributed by atoms with van der Waals surface area (Å²) in [7, 11) is 1.58. The van der Waals surface area contributed by atoms with Gasteiger partial charge in [0.1, 0.15) is 5.75 Å². The smallest absolute Gasteiger partial charge is 0.333 e. The van der Waals surface area contributed by atoms with Crippen molar-refractivity contribution in [3.05, 3.63) is 58.5 Å². The fourth-order valence-corrected chi connectivity index (χ4v) is 2.37. The Labute approximate surface area is 126 Å². The molecular formula is C16H15N3O3. The Morgan fingerprint density at radius 1 is 1.23 bits per heavy atom. The zero-order valence-corrected chi connectivity index (χ0v) is 12.0. The average molecular weight is 297 g/mol. The Morgan fingerprint density at radius 2 is 1.95 bits per heavy atom. The molecule has 3 N–H and O–H groups in total. The normalized spacial score (nSPS) is 10.8. The van der Waals surface area contributed by atoms with Crippen LogP contribution in [0.15, 0.2) is 47.3 Å². The zero-order valence-electron chi connectivity index (χ0n) is 12.0. The quantitative estimate of drug-likeness (QED) is 0.721. The van der Waals surface area contributed by atoms with Gasteiger partial charge in [0.05, 0.1) is 24.6 Å². The van der Waals surface area contributed by atoms with Gasteiger partial charge in [-0.2, -0.15) is 0 Å². The number of imidazole rings is 1. The van der Waals surface area contributed by atoms with Gasteiger partial charge in [-0.25, -0.2) is 9.36 Å². The number of carbonyl (C=O) groups excluding carboxylic acids is 1. The van der Waals surface area contributed by atoms with E-state index in [-0.39, 0.29) is 12.3 Å². The van der Waals surface area contributed by atoms with Crippen molar-refractivity contribution in [1.29, 1.82) is 0 Å². The van der Waals surface area contributed by atoms with Gasteiger partial charge >= 0.3 is 5.69 Å². The number of hydrogen-bond donors (Lipinski definition) is 2. The van der Waals surface area contributed by atoms with Crippen LogP contribution in [0.1, 0.15) is 10.4 Å². The highest BCUT2D eigenvalue weighted by molar-refractivity contribution is 5.92. The molecule has 1 heterocycles. The molecule has 2 aromatic carbocycles. The van der Waals surface area contributed by atoms with Gasteiger partial charge < -0.3 is 15.5 Å². The molecule has 3 aromatic rings. The lowest BCUT2D eigenvalue weighted by Gasteiger charge is -2.04. The van der Waals surface area contributed by atoms with E-state index in [9.17, 15) is 9.59 Å². The van der Waals surface area contributed by atoms with Gasteiger partial charge in [-0.05, 0) is 35.9 Å². The van der Waals surface area contributed by atoms with Crippen LogP contribution in [0.4, 0.5) is 5.69 Å². The standard InChI is InChI=1S/C16H15N3O3/c1-22-12-5-2-10(3-6-12)8-15(20)19-14-7-4-11(17)9-13(14)18-16(19)21/h2-7,9H,8,17H2,1H3,(H,18,21). The monoisotopic (exact) mass is 297 g/mol. The second-order valence-corrected chi connectivity index (χ2v) is 4.96. The molecule has 0 unspecified atom stereocenters. The summed E-state index contributed by atoms with van der Waals surface area (Å²) in [6, 6.07) is 12.1. The minimum absolute atomic E-state index is 0.126. The average Bonchev–Trinajstić information content (AvgIpc) is 2.83. The number of aromatic nitrogens is 2. The van der Waals surface area contributed by atoms with E-state index in [1.54, 1.807) is 49.6 Å². The summed E-state index contributed by atoms with van der Waals surface area (Å²) in [6.45, 7) is 0. The highest BCUT2D eigenvalue weighted by atomic mass is 16.5. The van der Waals surface area contributed by atoms with E-state index < -0.39 is 5.69 Å². The highest BCUT2D eigenvalue weighted by Crippen LogP contribution is 2.16. The minimum Gasteiger partial charge on any atom is -0.497 e. The van der Waals surface area contributed by atoms with E-state index in [2.05, 4.69) is 4.98 Å². The largest absolute Gasteiger partial charge is 0.497 e. The van der Waals surface area contributed by atoms with Crippen LogP contribution in [0.5, 0.6) is 5.75 Å². The maximum Gasteiger partial charge on any atom is 0.333 e. The molecule has 0 radical (unpaired) electrons. The lowest BCUT2D eigenvalue weighted by molar-refractivity contribution is 0.0915. The van der Waals surface area contributed by atoms with Crippen molar-refractivity contribution < 1.29 is 9.53 Å².